The Hall–Kier alpha value is -5.79. The fourth-order valence-corrected chi connectivity index (χ4v) is 13.4. The average Bonchev–Trinajstić information content (AvgIpc) is 3.74. The van der Waals surface area contributed by atoms with Gasteiger partial charge in [0.15, 0.2) is 0 Å². The van der Waals surface area contributed by atoms with Crippen molar-refractivity contribution in [2.24, 2.45) is 29.6 Å². The van der Waals surface area contributed by atoms with E-state index < -0.39 is 0 Å². The zero-order valence-corrected chi connectivity index (χ0v) is 34.9. The molecule has 2 saturated carbocycles. The van der Waals surface area contributed by atoms with Gasteiger partial charge in [0.05, 0.1) is 5.69 Å². The predicted octanol–water partition coefficient (Wildman–Crippen LogP) is 15.4. The van der Waals surface area contributed by atoms with Crippen LogP contribution < -0.4 is 0 Å². The molecule has 6 aliphatic carbocycles. The predicted molar refractivity (Wildman–Crippen MR) is 249 cm³/mol. The molecule has 1 heteroatoms. The fourth-order valence-electron chi connectivity index (χ4n) is 13.4. The van der Waals surface area contributed by atoms with Gasteiger partial charge in [-0.2, -0.15) is 0 Å². The summed E-state index contributed by atoms with van der Waals surface area (Å²) in [7, 11) is 0. The van der Waals surface area contributed by atoms with Crippen LogP contribution in [0.1, 0.15) is 85.8 Å². The van der Waals surface area contributed by atoms with E-state index in [9.17, 15) is 0 Å². The number of rotatable bonds is 4. The Morgan fingerprint density at radius 3 is 2.22 bits per heavy atom. The third-order valence-corrected chi connectivity index (χ3v) is 15.3. The van der Waals surface area contributed by atoms with Crippen LogP contribution in [0.15, 0.2) is 144 Å². The van der Waals surface area contributed by atoms with E-state index in [2.05, 4.69) is 162 Å². The molecule has 0 saturated heterocycles. The Labute approximate surface area is 349 Å². The molecule has 12 rings (SSSR count). The van der Waals surface area contributed by atoms with Crippen LogP contribution in [0.4, 0.5) is 0 Å². The van der Waals surface area contributed by atoms with Crippen molar-refractivity contribution in [1.82, 2.24) is 4.98 Å². The second-order valence-electron chi connectivity index (χ2n) is 18.7. The van der Waals surface area contributed by atoms with Crippen LogP contribution in [0, 0.1) is 43.4 Å². The van der Waals surface area contributed by atoms with Gasteiger partial charge in [-0.05, 0) is 177 Å². The molecule has 0 bridgehead atoms. The molecule has 1 nitrogen and oxygen atoms in total. The minimum absolute atomic E-state index is 0.427. The number of fused-ring (bicyclic) bond motifs is 8. The van der Waals surface area contributed by atoms with Crippen molar-refractivity contribution in [2.45, 2.75) is 66.2 Å². The molecule has 2 fully saturated rings. The number of hydrogen-bond donors (Lipinski definition) is 0. The van der Waals surface area contributed by atoms with E-state index in [1.165, 1.54) is 119 Å². The summed E-state index contributed by atoms with van der Waals surface area (Å²) in [6.07, 6.45) is 19.9. The molecule has 0 amide bonds. The molecule has 6 atom stereocenters. The molecule has 5 aromatic carbocycles. The number of nitrogens with zero attached hydrogens (tertiary/aromatic N) is 1. The summed E-state index contributed by atoms with van der Waals surface area (Å²) >= 11 is 0. The molecular weight excluding hydrogens is 711 g/mol. The summed E-state index contributed by atoms with van der Waals surface area (Å²) in [6.45, 7) is 11.6. The van der Waals surface area contributed by atoms with Gasteiger partial charge in [0.1, 0.15) is 0 Å². The number of aryl methyl sites for hydroxylation is 2. The molecule has 288 valence electrons. The van der Waals surface area contributed by atoms with Gasteiger partial charge in [0.2, 0.25) is 0 Å². The molecular formula is C58H51N. The van der Waals surface area contributed by atoms with Crippen LogP contribution in [0.5, 0.6) is 0 Å². The van der Waals surface area contributed by atoms with Crippen molar-refractivity contribution in [3.05, 3.63) is 178 Å². The number of pyridine rings is 1. The molecule has 1 heterocycles. The largest absolute Gasteiger partial charge is 0.256 e. The van der Waals surface area contributed by atoms with Gasteiger partial charge in [-0.1, -0.05) is 140 Å². The highest BCUT2D eigenvalue weighted by molar-refractivity contribution is 6.24. The van der Waals surface area contributed by atoms with Crippen molar-refractivity contribution in [3.8, 4) is 44.6 Å². The van der Waals surface area contributed by atoms with Gasteiger partial charge in [0, 0.05) is 23.2 Å². The molecule has 0 radical (unpaired) electrons. The number of hydrogen-bond acceptors (Lipinski definition) is 1. The lowest BCUT2D eigenvalue weighted by molar-refractivity contribution is 0.230. The maximum absolute atomic E-state index is 5.25. The van der Waals surface area contributed by atoms with Gasteiger partial charge in [-0.3, -0.25) is 4.98 Å². The lowest BCUT2D eigenvalue weighted by atomic mass is 9.62. The Kier molecular flexibility index (Phi) is 7.81. The summed E-state index contributed by atoms with van der Waals surface area (Å²) in [4.78, 5) is 5.25. The van der Waals surface area contributed by atoms with Gasteiger partial charge in [-0.15, -0.1) is 0 Å². The highest BCUT2D eigenvalue weighted by Gasteiger charge is 2.53. The van der Waals surface area contributed by atoms with Crippen LogP contribution in [0.25, 0.3) is 72.6 Å². The normalized spacial score (nSPS) is 24.6. The average molecular weight is 762 g/mol. The zero-order valence-electron chi connectivity index (χ0n) is 34.9. The van der Waals surface area contributed by atoms with Crippen LogP contribution in [-0.4, -0.2) is 4.98 Å². The third-order valence-electron chi connectivity index (χ3n) is 15.3. The summed E-state index contributed by atoms with van der Waals surface area (Å²) in [5.74, 6) is 3.10. The van der Waals surface area contributed by atoms with Gasteiger partial charge >= 0.3 is 0 Å². The van der Waals surface area contributed by atoms with Crippen molar-refractivity contribution in [3.63, 3.8) is 0 Å². The van der Waals surface area contributed by atoms with Crippen molar-refractivity contribution < 1.29 is 0 Å². The van der Waals surface area contributed by atoms with Gasteiger partial charge in [-0.25, -0.2) is 0 Å². The molecule has 0 N–H and O–H groups in total. The standard InChI is InChI=1S/C58H51N/c1-32-28-35(4)51(36(5)29-32)42-25-26-45-53-40(42)18-12-21-44(53)57-56(45)52(37-16-7-6-8-17-37)48-31-47-39-24-23-38(50-33(2)14-11-15-34(50)3)30-46(39)41-19-13-20-43(54(41)47)55(48)58(57)49-22-9-10-27-59-49/h6-12,14-18,21-28,30-32,39,41,43,46,54H,13,19-20,29H2,1-5H3. The summed E-state index contributed by atoms with van der Waals surface area (Å²) in [6, 6.07) is 36.8. The number of aromatic nitrogens is 1. The monoisotopic (exact) mass is 761 g/mol. The molecule has 6 unspecified atom stereocenters. The van der Waals surface area contributed by atoms with Crippen molar-refractivity contribution in [2.75, 3.05) is 0 Å². The lowest BCUT2D eigenvalue weighted by Gasteiger charge is -2.41. The molecule has 0 spiro atoms. The van der Waals surface area contributed by atoms with Crippen molar-refractivity contribution >= 4 is 28.0 Å². The first-order chi connectivity index (χ1) is 28.9. The minimum Gasteiger partial charge on any atom is -0.256 e. The second-order valence-corrected chi connectivity index (χ2v) is 18.7. The molecule has 6 aliphatic rings. The minimum atomic E-state index is 0.427. The maximum Gasteiger partial charge on any atom is 0.0711 e. The SMILES string of the molecule is CC1=CC(C)CC(C)=C1c1ccc2c3c(cccc13)-c1c-2c(-c2ccccc2)c2c(c1-c1ccccn1)C1CCCC3C4C=C(c5c(C)cccc5C)C=CC4C(=C2)C13. The molecule has 6 aromatic rings. The fraction of sp³-hybridized carbons (Fsp3) is 0.259. The zero-order chi connectivity index (χ0) is 39.7. The lowest BCUT2D eigenvalue weighted by Crippen LogP contribution is -2.29. The number of allylic oxidation sites excluding steroid dienone is 9. The Morgan fingerprint density at radius 1 is 0.661 bits per heavy atom. The van der Waals surface area contributed by atoms with Gasteiger partial charge < -0.3 is 0 Å². The summed E-state index contributed by atoms with van der Waals surface area (Å²) in [5, 5.41) is 2.77. The third kappa shape index (κ3) is 5.00. The van der Waals surface area contributed by atoms with E-state index in [-0.39, 0.29) is 0 Å². The van der Waals surface area contributed by atoms with Crippen molar-refractivity contribution in [1.29, 1.82) is 0 Å². The first kappa shape index (κ1) is 35.2. The second kappa shape index (κ2) is 13.1. The molecule has 0 aliphatic heterocycles. The first-order valence-corrected chi connectivity index (χ1v) is 22.2. The highest BCUT2D eigenvalue weighted by atomic mass is 14.7. The van der Waals surface area contributed by atoms with E-state index in [1.54, 1.807) is 11.1 Å². The van der Waals surface area contributed by atoms with Crippen LogP contribution in [0.3, 0.4) is 0 Å². The number of benzene rings is 5. The molecule has 59 heavy (non-hydrogen) atoms. The van der Waals surface area contributed by atoms with E-state index in [0.717, 1.165) is 12.1 Å². The first-order valence-electron chi connectivity index (χ1n) is 22.2. The van der Waals surface area contributed by atoms with E-state index in [0.29, 0.717) is 35.5 Å². The van der Waals surface area contributed by atoms with E-state index in [1.807, 2.05) is 6.20 Å². The quantitative estimate of drug-likeness (QED) is 0.174. The Balaban J connectivity index is 1.15. The van der Waals surface area contributed by atoms with E-state index in [4.69, 9.17) is 4.98 Å². The summed E-state index contributed by atoms with van der Waals surface area (Å²) < 4.78 is 0. The van der Waals surface area contributed by atoms with Crippen LogP contribution in [-0.2, 0) is 0 Å². The van der Waals surface area contributed by atoms with E-state index >= 15 is 0 Å². The molecule has 1 aromatic heterocycles. The Morgan fingerprint density at radius 2 is 1.42 bits per heavy atom. The maximum atomic E-state index is 5.25. The summed E-state index contributed by atoms with van der Waals surface area (Å²) in [5.41, 5.74) is 26.7. The smallest absolute Gasteiger partial charge is 0.0711 e. The highest BCUT2D eigenvalue weighted by Crippen LogP contribution is 2.67. The van der Waals surface area contributed by atoms with Gasteiger partial charge in [0.25, 0.3) is 0 Å². The van der Waals surface area contributed by atoms with Crippen LogP contribution in [0.2, 0.25) is 0 Å². The Bertz CT molecular complexity index is 2930. The van der Waals surface area contributed by atoms with Crippen LogP contribution >= 0.6 is 0 Å². The topological polar surface area (TPSA) is 12.9 Å².